The molecule has 0 aromatic carbocycles. The molecule has 2 rings (SSSR count). The van der Waals surface area contributed by atoms with E-state index in [9.17, 15) is 0 Å². The molecule has 2 atom stereocenters. The van der Waals surface area contributed by atoms with Gasteiger partial charge in [0.25, 0.3) is 0 Å². The summed E-state index contributed by atoms with van der Waals surface area (Å²) in [6.07, 6.45) is 1.61. The van der Waals surface area contributed by atoms with Crippen LogP contribution in [0.4, 0.5) is 0 Å². The third-order valence-electron chi connectivity index (χ3n) is 4.39. The lowest BCUT2D eigenvalue weighted by molar-refractivity contribution is -0.00485. The maximum atomic E-state index is 5.59. The zero-order valence-electron chi connectivity index (χ0n) is 11.7. The summed E-state index contributed by atoms with van der Waals surface area (Å²) in [6, 6.07) is 0.606. The average molecular weight is 241 g/mol. The maximum absolute atomic E-state index is 5.59. The first-order valence-electron chi connectivity index (χ1n) is 6.79. The fourth-order valence-corrected chi connectivity index (χ4v) is 3.01. The van der Waals surface area contributed by atoms with Crippen LogP contribution in [0, 0.1) is 0 Å². The fourth-order valence-electron chi connectivity index (χ4n) is 3.01. The molecule has 1 N–H and O–H groups in total. The minimum absolute atomic E-state index is 0.295. The van der Waals surface area contributed by atoms with E-state index in [1.54, 1.807) is 0 Å². The molecule has 0 aliphatic carbocycles. The van der Waals surface area contributed by atoms with Crippen molar-refractivity contribution in [3.8, 4) is 0 Å². The van der Waals surface area contributed by atoms with E-state index in [1.165, 1.54) is 6.42 Å². The van der Waals surface area contributed by atoms with Crippen LogP contribution < -0.4 is 5.32 Å². The second-order valence-electron chi connectivity index (χ2n) is 6.07. The highest BCUT2D eigenvalue weighted by molar-refractivity contribution is 4.90. The van der Waals surface area contributed by atoms with Crippen LogP contribution in [0.5, 0.6) is 0 Å². The van der Waals surface area contributed by atoms with Gasteiger partial charge >= 0.3 is 0 Å². The largest absolute Gasteiger partial charge is 0.377 e. The standard InChI is InChI=1S/C13H27N3O/c1-11-9-13(2,3)15(4)6-7-16(11)12-10-17-8-5-14-12/h11-12,14H,5-10H2,1-4H3. The van der Waals surface area contributed by atoms with Crippen molar-refractivity contribution in [2.75, 3.05) is 39.9 Å². The van der Waals surface area contributed by atoms with Crippen molar-refractivity contribution >= 4 is 0 Å². The predicted octanol–water partition coefficient (Wildman–Crippen LogP) is 0.737. The lowest BCUT2D eigenvalue weighted by Gasteiger charge is -2.38. The molecule has 2 aliphatic heterocycles. The Labute approximate surface area is 105 Å². The normalized spacial score (nSPS) is 36.7. The SMILES string of the molecule is CC1CC(C)(C)N(C)CCN1C1COCCN1. The molecule has 2 fully saturated rings. The summed E-state index contributed by atoms with van der Waals surface area (Å²) >= 11 is 0. The van der Waals surface area contributed by atoms with Crippen molar-refractivity contribution in [1.82, 2.24) is 15.1 Å². The molecular formula is C13H27N3O. The molecule has 0 bridgehead atoms. The van der Waals surface area contributed by atoms with Gasteiger partial charge in [0, 0.05) is 31.2 Å². The Morgan fingerprint density at radius 3 is 2.71 bits per heavy atom. The Morgan fingerprint density at radius 2 is 2.06 bits per heavy atom. The van der Waals surface area contributed by atoms with E-state index >= 15 is 0 Å². The summed E-state index contributed by atoms with van der Waals surface area (Å²) in [5.41, 5.74) is 0.295. The minimum atomic E-state index is 0.295. The van der Waals surface area contributed by atoms with Crippen LogP contribution in [0.3, 0.4) is 0 Å². The molecule has 2 aliphatic rings. The molecule has 2 saturated heterocycles. The first-order chi connectivity index (χ1) is 8.00. The average Bonchev–Trinajstić information content (AvgIpc) is 2.38. The molecule has 2 unspecified atom stereocenters. The minimum Gasteiger partial charge on any atom is -0.377 e. The Morgan fingerprint density at radius 1 is 1.29 bits per heavy atom. The predicted molar refractivity (Wildman–Crippen MR) is 70.1 cm³/mol. The maximum Gasteiger partial charge on any atom is 0.0842 e. The van der Waals surface area contributed by atoms with Crippen molar-refractivity contribution in [1.29, 1.82) is 0 Å². The smallest absolute Gasteiger partial charge is 0.0842 e. The van der Waals surface area contributed by atoms with Crippen LogP contribution in [0.25, 0.3) is 0 Å². The number of nitrogens with one attached hydrogen (secondary N) is 1. The van der Waals surface area contributed by atoms with Gasteiger partial charge in [-0.15, -0.1) is 0 Å². The van der Waals surface area contributed by atoms with E-state index in [0.29, 0.717) is 17.7 Å². The molecule has 0 spiro atoms. The van der Waals surface area contributed by atoms with Crippen molar-refractivity contribution in [3.05, 3.63) is 0 Å². The van der Waals surface area contributed by atoms with Crippen molar-refractivity contribution in [2.45, 2.75) is 44.9 Å². The number of hydrogen-bond acceptors (Lipinski definition) is 4. The number of likely N-dealkylation sites (N-methyl/N-ethyl adjacent to an activating group) is 1. The number of rotatable bonds is 1. The van der Waals surface area contributed by atoms with Gasteiger partial charge in [0.1, 0.15) is 0 Å². The Bertz CT molecular complexity index is 251. The van der Waals surface area contributed by atoms with Crippen LogP contribution >= 0.6 is 0 Å². The Hall–Kier alpha value is -0.160. The van der Waals surface area contributed by atoms with E-state index in [0.717, 1.165) is 32.8 Å². The Balaban J connectivity index is 2.03. The molecule has 2 heterocycles. The van der Waals surface area contributed by atoms with Gasteiger partial charge in [-0.25, -0.2) is 0 Å². The first-order valence-corrected chi connectivity index (χ1v) is 6.79. The molecule has 17 heavy (non-hydrogen) atoms. The van der Waals surface area contributed by atoms with E-state index < -0.39 is 0 Å². The van der Waals surface area contributed by atoms with Crippen LogP contribution in [-0.2, 0) is 4.74 Å². The molecule has 0 aromatic heterocycles. The summed E-state index contributed by atoms with van der Waals surface area (Å²) in [5, 5.41) is 3.57. The van der Waals surface area contributed by atoms with Gasteiger partial charge < -0.3 is 4.74 Å². The zero-order chi connectivity index (χ0) is 12.5. The second-order valence-corrected chi connectivity index (χ2v) is 6.07. The van der Waals surface area contributed by atoms with Crippen LogP contribution in [-0.4, -0.2) is 67.4 Å². The summed E-state index contributed by atoms with van der Waals surface area (Å²) in [6.45, 7) is 12.0. The second kappa shape index (κ2) is 5.22. The highest BCUT2D eigenvalue weighted by atomic mass is 16.5. The van der Waals surface area contributed by atoms with Crippen LogP contribution in [0.15, 0.2) is 0 Å². The molecule has 0 amide bonds. The van der Waals surface area contributed by atoms with Gasteiger partial charge in [-0.05, 0) is 34.2 Å². The van der Waals surface area contributed by atoms with Gasteiger partial charge in [-0.3, -0.25) is 15.1 Å². The van der Waals surface area contributed by atoms with Crippen molar-refractivity contribution in [3.63, 3.8) is 0 Å². The van der Waals surface area contributed by atoms with Gasteiger partial charge in [0.15, 0.2) is 0 Å². The summed E-state index contributed by atoms with van der Waals surface area (Å²) in [7, 11) is 2.24. The van der Waals surface area contributed by atoms with E-state index in [2.05, 4.69) is 42.9 Å². The first kappa shape index (κ1) is 13.3. The monoisotopic (exact) mass is 241 g/mol. The summed E-state index contributed by atoms with van der Waals surface area (Å²) in [4.78, 5) is 5.05. The molecule has 0 radical (unpaired) electrons. The van der Waals surface area contributed by atoms with Crippen LogP contribution in [0.1, 0.15) is 27.2 Å². The van der Waals surface area contributed by atoms with E-state index in [-0.39, 0.29) is 0 Å². The Kier molecular flexibility index (Phi) is 4.08. The zero-order valence-corrected chi connectivity index (χ0v) is 11.7. The third-order valence-corrected chi connectivity index (χ3v) is 4.39. The highest BCUT2D eigenvalue weighted by Crippen LogP contribution is 2.26. The lowest BCUT2D eigenvalue weighted by Crippen LogP contribution is -2.56. The molecule has 4 nitrogen and oxygen atoms in total. The van der Waals surface area contributed by atoms with Gasteiger partial charge in [0.05, 0.1) is 19.4 Å². The molecule has 0 aromatic rings. The van der Waals surface area contributed by atoms with Crippen molar-refractivity contribution < 1.29 is 4.74 Å². The van der Waals surface area contributed by atoms with Crippen molar-refractivity contribution in [2.24, 2.45) is 0 Å². The lowest BCUT2D eigenvalue weighted by atomic mass is 9.94. The van der Waals surface area contributed by atoms with E-state index in [1.807, 2.05) is 0 Å². The molecule has 4 heteroatoms. The fraction of sp³-hybridized carbons (Fsp3) is 1.00. The summed E-state index contributed by atoms with van der Waals surface area (Å²) < 4.78 is 5.59. The van der Waals surface area contributed by atoms with Gasteiger partial charge in [-0.1, -0.05) is 0 Å². The van der Waals surface area contributed by atoms with Gasteiger partial charge in [-0.2, -0.15) is 0 Å². The number of ether oxygens (including phenoxy) is 1. The quantitative estimate of drug-likeness (QED) is 0.733. The summed E-state index contributed by atoms with van der Waals surface area (Å²) in [5.74, 6) is 0. The third kappa shape index (κ3) is 2.99. The number of morpholine rings is 1. The molecule has 100 valence electrons. The number of nitrogens with zero attached hydrogens (tertiary/aromatic N) is 2. The van der Waals surface area contributed by atoms with Gasteiger partial charge in [0.2, 0.25) is 0 Å². The number of hydrogen-bond donors (Lipinski definition) is 1. The highest BCUT2D eigenvalue weighted by Gasteiger charge is 2.35. The molecular weight excluding hydrogens is 214 g/mol. The van der Waals surface area contributed by atoms with E-state index in [4.69, 9.17) is 4.74 Å². The van der Waals surface area contributed by atoms with Crippen LogP contribution in [0.2, 0.25) is 0 Å². The topological polar surface area (TPSA) is 27.7 Å². The molecule has 0 saturated carbocycles.